The second-order valence-corrected chi connectivity index (χ2v) is 6.67. The third-order valence-electron chi connectivity index (χ3n) is 3.28. The first kappa shape index (κ1) is 17.3. The largest absolute Gasteiger partial charge is 0.398 e. The summed E-state index contributed by atoms with van der Waals surface area (Å²) in [5.41, 5.74) is 7.90. The fourth-order valence-corrected chi connectivity index (χ4v) is 2.81. The molecular weight excluding hydrogens is 340 g/mol. The Morgan fingerprint density at radius 2 is 1.96 bits per heavy atom. The lowest BCUT2D eigenvalue weighted by molar-refractivity contribution is 0.102. The molecule has 0 aromatic heterocycles. The first-order valence-corrected chi connectivity index (χ1v) is 8.51. The topological polar surface area (TPSA) is 109 Å². The minimum atomic E-state index is -4.35. The van der Waals surface area contributed by atoms with Crippen molar-refractivity contribution in [2.45, 2.75) is 18.2 Å². The lowest BCUT2D eigenvalue weighted by atomic mass is 10.1. The molecule has 4 N–H and O–H groups in total. The van der Waals surface area contributed by atoms with Crippen LogP contribution in [0.25, 0.3) is 0 Å². The van der Waals surface area contributed by atoms with Gasteiger partial charge < -0.3 is 11.1 Å². The molecule has 0 heterocycles. The summed E-state index contributed by atoms with van der Waals surface area (Å²) in [5.74, 6) is -0.430. The highest BCUT2D eigenvalue weighted by atomic mass is 35.5. The van der Waals surface area contributed by atoms with Crippen molar-refractivity contribution in [3.8, 4) is 0 Å². The van der Waals surface area contributed by atoms with E-state index >= 15 is 0 Å². The van der Waals surface area contributed by atoms with Crippen LogP contribution in [0.1, 0.15) is 22.8 Å². The summed E-state index contributed by atoms with van der Waals surface area (Å²) >= 11 is 5.93. The van der Waals surface area contributed by atoms with E-state index in [4.69, 9.17) is 21.9 Å². The highest BCUT2D eigenvalue weighted by Crippen LogP contribution is 2.26. The van der Waals surface area contributed by atoms with Gasteiger partial charge in [0.2, 0.25) is 0 Å². The van der Waals surface area contributed by atoms with E-state index in [1.807, 2.05) is 6.92 Å². The number of hydrogen-bond acceptors (Lipinski definition) is 4. The molecule has 0 saturated carbocycles. The number of amides is 1. The second kappa shape index (κ2) is 6.57. The Bertz CT molecular complexity index is 866. The van der Waals surface area contributed by atoms with E-state index in [-0.39, 0.29) is 15.6 Å². The molecule has 0 aliphatic heterocycles. The van der Waals surface area contributed by atoms with Crippen molar-refractivity contribution in [3.05, 3.63) is 52.5 Å². The molecule has 1 amide bonds. The van der Waals surface area contributed by atoms with Crippen molar-refractivity contribution < 1.29 is 17.8 Å². The van der Waals surface area contributed by atoms with Gasteiger partial charge in [0.25, 0.3) is 16.0 Å². The number of halogens is 1. The van der Waals surface area contributed by atoms with E-state index in [0.29, 0.717) is 11.3 Å². The zero-order valence-electron chi connectivity index (χ0n) is 12.2. The van der Waals surface area contributed by atoms with Crippen molar-refractivity contribution >= 4 is 39.0 Å². The van der Waals surface area contributed by atoms with Gasteiger partial charge in [0, 0.05) is 11.3 Å². The number of nitrogen functional groups attached to an aromatic ring is 1. The number of hydrogen-bond donors (Lipinski definition) is 3. The van der Waals surface area contributed by atoms with Crippen LogP contribution in [0.2, 0.25) is 5.02 Å². The average molecular weight is 355 g/mol. The molecule has 0 aliphatic carbocycles. The minimum absolute atomic E-state index is 0.00775. The van der Waals surface area contributed by atoms with E-state index in [0.717, 1.165) is 24.1 Å². The third kappa shape index (κ3) is 4.01. The smallest absolute Gasteiger partial charge is 0.294 e. The maximum Gasteiger partial charge on any atom is 0.294 e. The van der Waals surface area contributed by atoms with Crippen LogP contribution in [0.3, 0.4) is 0 Å². The number of aryl methyl sites for hydroxylation is 1. The molecule has 0 fully saturated rings. The van der Waals surface area contributed by atoms with E-state index in [9.17, 15) is 13.2 Å². The molecule has 0 unspecified atom stereocenters. The third-order valence-corrected chi connectivity index (χ3v) is 4.44. The van der Waals surface area contributed by atoms with Crippen LogP contribution >= 0.6 is 11.6 Å². The Kier molecular flexibility index (Phi) is 4.93. The predicted octanol–water partition coefficient (Wildman–Crippen LogP) is 2.98. The normalized spacial score (nSPS) is 11.3. The number of rotatable bonds is 4. The molecular formula is C15H15ClN2O4S. The number of benzene rings is 2. The van der Waals surface area contributed by atoms with Crippen LogP contribution in [0, 0.1) is 0 Å². The van der Waals surface area contributed by atoms with Gasteiger partial charge in [-0.05, 0) is 42.3 Å². The highest BCUT2D eigenvalue weighted by Gasteiger charge is 2.14. The van der Waals surface area contributed by atoms with Crippen LogP contribution in [0.15, 0.2) is 41.3 Å². The number of anilines is 2. The SMILES string of the molecule is CCc1ccc(C(=O)Nc2ccc(S(=O)(=O)O)cc2Cl)cc1N. The summed E-state index contributed by atoms with van der Waals surface area (Å²) in [4.78, 5) is 11.9. The summed E-state index contributed by atoms with van der Waals surface area (Å²) in [5, 5.41) is 2.56. The Morgan fingerprint density at radius 3 is 2.48 bits per heavy atom. The Morgan fingerprint density at radius 1 is 1.26 bits per heavy atom. The van der Waals surface area contributed by atoms with Crippen LogP contribution in [0.4, 0.5) is 11.4 Å². The molecule has 2 rings (SSSR count). The second-order valence-electron chi connectivity index (χ2n) is 4.84. The maximum absolute atomic E-state index is 12.2. The molecule has 0 spiro atoms. The van der Waals surface area contributed by atoms with Gasteiger partial charge in [-0.3, -0.25) is 9.35 Å². The maximum atomic E-state index is 12.2. The number of nitrogens with two attached hydrogens (primary N) is 1. The Labute approximate surface area is 139 Å². The summed E-state index contributed by atoms with van der Waals surface area (Å²) in [6.45, 7) is 1.96. The van der Waals surface area contributed by atoms with Crippen LogP contribution in [-0.2, 0) is 16.5 Å². The number of carbonyl (C=O) groups excluding carboxylic acids is 1. The van der Waals surface area contributed by atoms with Crippen molar-refractivity contribution in [3.63, 3.8) is 0 Å². The molecule has 0 saturated heterocycles. The first-order valence-electron chi connectivity index (χ1n) is 6.69. The van der Waals surface area contributed by atoms with Crippen molar-refractivity contribution in [1.82, 2.24) is 0 Å². The zero-order valence-corrected chi connectivity index (χ0v) is 13.8. The van der Waals surface area contributed by atoms with Crippen LogP contribution in [-0.4, -0.2) is 18.9 Å². The molecule has 2 aromatic rings. The molecule has 0 radical (unpaired) electrons. The summed E-state index contributed by atoms with van der Waals surface area (Å²) < 4.78 is 31.0. The van der Waals surface area contributed by atoms with E-state index in [1.54, 1.807) is 18.2 Å². The number of carbonyl (C=O) groups is 1. The molecule has 0 bridgehead atoms. The fraction of sp³-hybridized carbons (Fsp3) is 0.133. The standard InChI is InChI=1S/C15H15ClN2O4S/c1-2-9-3-4-10(7-13(9)17)15(19)18-14-6-5-11(8-12(14)16)23(20,21)22/h3-8H,2,17H2,1H3,(H,18,19)(H,20,21,22). The predicted molar refractivity (Wildman–Crippen MR) is 89.5 cm³/mol. The van der Waals surface area contributed by atoms with Crippen LogP contribution < -0.4 is 11.1 Å². The van der Waals surface area contributed by atoms with Crippen molar-refractivity contribution in [1.29, 1.82) is 0 Å². The lowest BCUT2D eigenvalue weighted by Crippen LogP contribution is -2.13. The van der Waals surface area contributed by atoms with Crippen molar-refractivity contribution in [2.24, 2.45) is 0 Å². The van der Waals surface area contributed by atoms with Gasteiger partial charge >= 0.3 is 0 Å². The van der Waals surface area contributed by atoms with Gasteiger partial charge in [0.05, 0.1) is 15.6 Å². The van der Waals surface area contributed by atoms with E-state index < -0.39 is 16.0 Å². The molecule has 0 atom stereocenters. The average Bonchev–Trinajstić information content (AvgIpc) is 2.48. The molecule has 23 heavy (non-hydrogen) atoms. The molecule has 8 heteroatoms. The molecule has 2 aromatic carbocycles. The van der Waals surface area contributed by atoms with E-state index in [1.165, 1.54) is 6.07 Å². The van der Waals surface area contributed by atoms with Crippen molar-refractivity contribution in [2.75, 3.05) is 11.1 Å². The lowest BCUT2D eigenvalue weighted by Gasteiger charge is -2.10. The van der Waals surface area contributed by atoms with Gasteiger partial charge in [-0.2, -0.15) is 8.42 Å². The fourth-order valence-electron chi connectivity index (χ4n) is 2.01. The Balaban J connectivity index is 2.25. The summed E-state index contributed by atoms with van der Waals surface area (Å²) in [6.07, 6.45) is 0.761. The monoisotopic (exact) mass is 354 g/mol. The summed E-state index contributed by atoms with van der Waals surface area (Å²) in [6, 6.07) is 8.48. The van der Waals surface area contributed by atoms with Gasteiger partial charge in [0.15, 0.2) is 0 Å². The molecule has 0 aliphatic rings. The van der Waals surface area contributed by atoms with Gasteiger partial charge in [-0.25, -0.2) is 0 Å². The molecule has 122 valence electrons. The Hall–Kier alpha value is -2.09. The number of nitrogens with one attached hydrogen (secondary N) is 1. The molecule has 6 nitrogen and oxygen atoms in total. The minimum Gasteiger partial charge on any atom is -0.398 e. The first-order chi connectivity index (χ1) is 10.7. The zero-order chi connectivity index (χ0) is 17.2. The van der Waals surface area contributed by atoms with E-state index in [2.05, 4.69) is 5.32 Å². The van der Waals surface area contributed by atoms with Gasteiger partial charge in [-0.15, -0.1) is 0 Å². The van der Waals surface area contributed by atoms with Gasteiger partial charge in [0.1, 0.15) is 0 Å². The summed E-state index contributed by atoms with van der Waals surface area (Å²) in [7, 11) is -4.35. The van der Waals surface area contributed by atoms with Crippen LogP contribution in [0.5, 0.6) is 0 Å². The van der Waals surface area contributed by atoms with Gasteiger partial charge in [-0.1, -0.05) is 24.6 Å². The highest BCUT2D eigenvalue weighted by molar-refractivity contribution is 7.85. The quantitative estimate of drug-likeness (QED) is 0.577.